The molecule has 0 heterocycles. The van der Waals surface area contributed by atoms with Gasteiger partial charge in [0.25, 0.3) is 5.91 Å². The number of carboxylic acid groups (broad SMARTS) is 1. The Kier molecular flexibility index (Phi) is 11.0. The van der Waals surface area contributed by atoms with Gasteiger partial charge in [-0.3, -0.25) is 14.4 Å². The molecule has 2 aromatic carbocycles. The Morgan fingerprint density at radius 2 is 1.77 bits per heavy atom. The van der Waals surface area contributed by atoms with Gasteiger partial charge in [0.2, 0.25) is 11.8 Å². The van der Waals surface area contributed by atoms with Crippen LogP contribution in [0.25, 0.3) is 0 Å². The van der Waals surface area contributed by atoms with Crippen molar-refractivity contribution in [2.45, 2.75) is 31.3 Å². The first-order chi connectivity index (χ1) is 16.7. The highest BCUT2D eigenvalue weighted by Gasteiger charge is 2.28. The van der Waals surface area contributed by atoms with Gasteiger partial charge in [-0.15, -0.1) is 0 Å². The van der Waals surface area contributed by atoms with E-state index in [9.17, 15) is 24.3 Å². The number of hydrogen-bond acceptors (Lipinski definition) is 6. The number of aliphatic carboxylic acids is 1. The zero-order valence-electron chi connectivity index (χ0n) is 19.3. The minimum atomic E-state index is -1.24. The second-order valence-electron chi connectivity index (χ2n) is 7.71. The summed E-state index contributed by atoms with van der Waals surface area (Å²) in [6.07, 6.45) is -0.270. The second-order valence-corrected chi connectivity index (χ2v) is 8.15. The summed E-state index contributed by atoms with van der Waals surface area (Å²) in [5.74, 6) is -3.10. The summed E-state index contributed by atoms with van der Waals surface area (Å²) in [6, 6.07) is 10.8. The molecule has 0 radical (unpaired) electrons. The van der Waals surface area contributed by atoms with Gasteiger partial charge in [0.1, 0.15) is 24.4 Å². The summed E-state index contributed by atoms with van der Waals surface area (Å²) >= 11 is 6.03. The lowest BCUT2D eigenvalue weighted by Gasteiger charge is -2.22. The largest absolute Gasteiger partial charge is 0.491 e. The number of primary amides is 1. The van der Waals surface area contributed by atoms with E-state index in [2.05, 4.69) is 16.0 Å². The van der Waals surface area contributed by atoms with Crippen LogP contribution in [0.2, 0.25) is 5.02 Å². The molecule has 0 aliphatic heterocycles. The van der Waals surface area contributed by atoms with E-state index >= 15 is 0 Å². The number of halogens is 1. The van der Waals surface area contributed by atoms with Crippen molar-refractivity contribution in [2.75, 3.05) is 20.2 Å². The fourth-order valence-corrected chi connectivity index (χ4v) is 3.34. The van der Waals surface area contributed by atoms with Crippen LogP contribution < -0.4 is 26.4 Å². The third-order valence-electron chi connectivity index (χ3n) is 5.00. The first-order valence-corrected chi connectivity index (χ1v) is 11.3. The highest BCUT2D eigenvalue weighted by Crippen LogP contribution is 2.24. The molecular weight excluding hydrogens is 476 g/mol. The van der Waals surface area contributed by atoms with Gasteiger partial charge < -0.3 is 31.5 Å². The lowest BCUT2D eigenvalue weighted by Crippen LogP contribution is -2.52. The van der Waals surface area contributed by atoms with Crippen LogP contribution in [-0.2, 0) is 20.8 Å². The Balaban J connectivity index is 2.19. The maximum Gasteiger partial charge on any atom is 0.326 e. The van der Waals surface area contributed by atoms with E-state index in [1.165, 1.54) is 18.2 Å². The SMILES string of the molecule is CNCCOc1cc(Cl)ccc1C(=O)N[C@@H](CCC(N)=O)C(=O)N[C@@H](Cc1ccccc1)C(=O)O. The molecule has 0 saturated heterocycles. The van der Waals surface area contributed by atoms with Gasteiger partial charge in [0.05, 0.1) is 5.56 Å². The van der Waals surface area contributed by atoms with E-state index in [0.29, 0.717) is 17.1 Å². The maximum absolute atomic E-state index is 13.0. The molecule has 11 heteroatoms. The summed E-state index contributed by atoms with van der Waals surface area (Å²) in [4.78, 5) is 49.1. The predicted molar refractivity (Wildman–Crippen MR) is 130 cm³/mol. The first-order valence-electron chi connectivity index (χ1n) is 10.9. The molecule has 0 saturated carbocycles. The molecule has 0 aliphatic carbocycles. The molecule has 188 valence electrons. The smallest absolute Gasteiger partial charge is 0.326 e. The molecule has 2 aromatic rings. The van der Waals surface area contributed by atoms with Crippen molar-refractivity contribution >= 4 is 35.3 Å². The Hall–Kier alpha value is -3.63. The van der Waals surface area contributed by atoms with Gasteiger partial charge >= 0.3 is 5.97 Å². The van der Waals surface area contributed by atoms with Crippen molar-refractivity contribution in [3.8, 4) is 5.75 Å². The third-order valence-corrected chi connectivity index (χ3v) is 5.23. The fourth-order valence-electron chi connectivity index (χ4n) is 3.18. The molecule has 2 atom stereocenters. The van der Waals surface area contributed by atoms with Crippen LogP contribution in [0.15, 0.2) is 48.5 Å². The number of ether oxygens (including phenoxy) is 1. The number of benzene rings is 2. The topological polar surface area (TPSA) is 160 Å². The normalized spacial score (nSPS) is 12.3. The molecule has 0 aliphatic rings. The number of carboxylic acids is 1. The molecule has 0 fully saturated rings. The number of carbonyl (C=O) groups is 4. The van der Waals surface area contributed by atoms with Crippen LogP contribution in [0.4, 0.5) is 0 Å². The van der Waals surface area contributed by atoms with E-state index in [4.69, 9.17) is 22.1 Å². The molecule has 0 bridgehead atoms. The standard InChI is InChI=1S/C24H29ClN4O6/c1-27-11-12-35-20-14-16(25)7-8-17(20)22(31)28-18(9-10-21(26)30)23(32)29-19(24(33)34)13-15-5-3-2-4-6-15/h2-8,14,18-19,27H,9-13H2,1H3,(H2,26,30)(H,28,31)(H,29,32)(H,33,34)/t18-,19-/m0/s1. The van der Waals surface area contributed by atoms with Crippen molar-refractivity contribution in [1.29, 1.82) is 0 Å². The van der Waals surface area contributed by atoms with Crippen molar-refractivity contribution in [2.24, 2.45) is 5.73 Å². The quantitative estimate of drug-likeness (QED) is 0.241. The number of hydrogen-bond donors (Lipinski definition) is 5. The second kappa shape index (κ2) is 13.9. The molecule has 0 spiro atoms. The van der Waals surface area contributed by atoms with E-state index in [1.54, 1.807) is 37.4 Å². The summed E-state index contributed by atoms with van der Waals surface area (Å²) < 4.78 is 5.62. The number of nitrogens with two attached hydrogens (primary N) is 1. The summed E-state index contributed by atoms with van der Waals surface area (Å²) in [5.41, 5.74) is 6.06. The molecule has 3 amide bonds. The van der Waals surface area contributed by atoms with E-state index in [1.807, 2.05) is 0 Å². The van der Waals surface area contributed by atoms with Gasteiger partial charge in [-0.25, -0.2) is 4.79 Å². The van der Waals surface area contributed by atoms with Gasteiger partial charge in [0.15, 0.2) is 0 Å². The van der Waals surface area contributed by atoms with Crippen molar-refractivity contribution in [3.63, 3.8) is 0 Å². The van der Waals surface area contributed by atoms with Crippen LogP contribution in [-0.4, -0.2) is 61.1 Å². The van der Waals surface area contributed by atoms with E-state index in [0.717, 1.165) is 0 Å². The molecule has 35 heavy (non-hydrogen) atoms. The summed E-state index contributed by atoms with van der Waals surface area (Å²) in [7, 11) is 1.75. The molecule has 0 unspecified atom stereocenters. The van der Waals surface area contributed by atoms with Gasteiger partial charge in [-0.2, -0.15) is 0 Å². The van der Waals surface area contributed by atoms with Crippen molar-refractivity contribution in [1.82, 2.24) is 16.0 Å². The van der Waals surface area contributed by atoms with Gasteiger partial charge in [0, 0.05) is 24.4 Å². The number of amides is 3. The summed E-state index contributed by atoms with van der Waals surface area (Å²) in [6.45, 7) is 0.789. The van der Waals surface area contributed by atoms with Crippen LogP contribution in [0.3, 0.4) is 0 Å². The van der Waals surface area contributed by atoms with Crippen LogP contribution in [0, 0.1) is 0 Å². The van der Waals surface area contributed by atoms with Crippen LogP contribution >= 0.6 is 11.6 Å². The minimum absolute atomic E-state index is 0.0407. The fraction of sp³-hybridized carbons (Fsp3) is 0.333. The lowest BCUT2D eigenvalue weighted by molar-refractivity contribution is -0.142. The van der Waals surface area contributed by atoms with E-state index in [-0.39, 0.29) is 37.2 Å². The zero-order chi connectivity index (χ0) is 25.8. The Bertz CT molecular complexity index is 1030. The average Bonchev–Trinajstić information content (AvgIpc) is 2.81. The Labute approximate surface area is 208 Å². The Morgan fingerprint density at radius 3 is 2.40 bits per heavy atom. The molecule has 2 rings (SSSR count). The number of nitrogens with one attached hydrogen (secondary N) is 3. The predicted octanol–water partition coefficient (Wildman–Crippen LogP) is 1.11. The van der Waals surface area contributed by atoms with Crippen LogP contribution in [0.5, 0.6) is 5.75 Å². The first kappa shape index (κ1) is 27.6. The van der Waals surface area contributed by atoms with Crippen molar-refractivity contribution < 1.29 is 29.0 Å². The minimum Gasteiger partial charge on any atom is -0.491 e. The zero-order valence-corrected chi connectivity index (χ0v) is 20.0. The number of rotatable bonds is 14. The number of likely N-dealkylation sites (N-methyl/N-ethyl adjacent to an activating group) is 1. The summed E-state index contributed by atoms with van der Waals surface area (Å²) in [5, 5.41) is 17.9. The van der Waals surface area contributed by atoms with Crippen LogP contribution in [0.1, 0.15) is 28.8 Å². The highest BCUT2D eigenvalue weighted by molar-refractivity contribution is 6.30. The number of carbonyl (C=O) groups excluding carboxylic acids is 3. The Morgan fingerprint density at radius 1 is 1.06 bits per heavy atom. The highest BCUT2D eigenvalue weighted by atomic mass is 35.5. The lowest BCUT2D eigenvalue weighted by atomic mass is 10.0. The van der Waals surface area contributed by atoms with Gasteiger partial charge in [-0.1, -0.05) is 41.9 Å². The molecule has 10 nitrogen and oxygen atoms in total. The molecule has 6 N–H and O–H groups in total. The van der Waals surface area contributed by atoms with Crippen molar-refractivity contribution in [3.05, 3.63) is 64.7 Å². The monoisotopic (exact) mass is 504 g/mol. The third kappa shape index (κ3) is 9.26. The molecular formula is C24H29ClN4O6. The molecule has 0 aromatic heterocycles. The average molecular weight is 505 g/mol. The van der Waals surface area contributed by atoms with Gasteiger partial charge in [-0.05, 0) is 37.2 Å². The van der Waals surface area contributed by atoms with E-state index < -0.39 is 35.8 Å². The maximum atomic E-state index is 13.0.